The van der Waals surface area contributed by atoms with Crippen LogP contribution in [0.15, 0.2) is 36.9 Å². The van der Waals surface area contributed by atoms with Crippen LogP contribution in [-0.2, 0) is 11.7 Å². The van der Waals surface area contributed by atoms with Crippen molar-refractivity contribution >= 4 is 0 Å². The van der Waals surface area contributed by atoms with E-state index in [4.69, 9.17) is 5.73 Å². The molecule has 0 heterocycles. The maximum absolute atomic E-state index is 12.4. The van der Waals surface area contributed by atoms with E-state index < -0.39 is 17.3 Å². The maximum atomic E-state index is 12.4. The van der Waals surface area contributed by atoms with E-state index in [1.54, 1.807) is 13.0 Å². The van der Waals surface area contributed by atoms with Gasteiger partial charge in [0.05, 0.1) is 5.56 Å². The van der Waals surface area contributed by atoms with Gasteiger partial charge in [-0.1, -0.05) is 25.1 Å². The number of rotatable bonds is 3. The molecule has 0 fully saturated rings. The molecule has 0 aliphatic carbocycles. The van der Waals surface area contributed by atoms with E-state index in [9.17, 15) is 13.2 Å². The van der Waals surface area contributed by atoms with Crippen molar-refractivity contribution in [3.63, 3.8) is 0 Å². The molecule has 17 heavy (non-hydrogen) atoms. The van der Waals surface area contributed by atoms with Gasteiger partial charge in [-0.05, 0) is 30.5 Å². The molecule has 1 aromatic rings. The minimum absolute atomic E-state index is 0.0285. The first-order valence-corrected chi connectivity index (χ1v) is 5.28. The second-order valence-electron chi connectivity index (χ2n) is 4.38. The van der Waals surface area contributed by atoms with E-state index >= 15 is 0 Å². The summed E-state index contributed by atoms with van der Waals surface area (Å²) in [5.41, 5.74) is 5.38. The van der Waals surface area contributed by atoms with Gasteiger partial charge in [0.1, 0.15) is 0 Å². The van der Waals surface area contributed by atoms with Crippen molar-refractivity contribution in [1.29, 1.82) is 0 Å². The van der Waals surface area contributed by atoms with E-state index in [1.807, 2.05) is 6.92 Å². The van der Waals surface area contributed by atoms with Gasteiger partial charge in [-0.2, -0.15) is 13.2 Å². The van der Waals surface area contributed by atoms with Crippen LogP contribution in [0.3, 0.4) is 0 Å². The topological polar surface area (TPSA) is 26.0 Å². The molecule has 0 aromatic heterocycles. The fourth-order valence-corrected chi connectivity index (χ4v) is 1.53. The quantitative estimate of drug-likeness (QED) is 0.805. The standard InChI is InChI=1S/C13H16F3N/c1-4-9(2)12(3,17)10-5-7-11(8-6-10)13(14,15)16/h4-9H,1,17H2,2-3H3/t9-,12+/m1/s1. The van der Waals surface area contributed by atoms with Gasteiger partial charge in [0.2, 0.25) is 0 Å². The zero-order valence-electron chi connectivity index (χ0n) is 9.88. The maximum Gasteiger partial charge on any atom is 0.416 e. The number of halogens is 3. The summed E-state index contributed by atoms with van der Waals surface area (Å²) in [6.07, 6.45) is -2.62. The van der Waals surface area contributed by atoms with Gasteiger partial charge in [0, 0.05) is 5.54 Å². The van der Waals surface area contributed by atoms with Crippen molar-refractivity contribution in [3.05, 3.63) is 48.0 Å². The van der Waals surface area contributed by atoms with E-state index in [1.165, 1.54) is 12.1 Å². The van der Waals surface area contributed by atoms with Crippen LogP contribution in [0.25, 0.3) is 0 Å². The second kappa shape index (κ2) is 4.53. The Kier molecular flexibility index (Phi) is 3.67. The van der Waals surface area contributed by atoms with Gasteiger partial charge < -0.3 is 5.73 Å². The Balaban J connectivity index is 3.07. The monoisotopic (exact) mass is 243 g/mol. The van der Waals surface area contributed by atoms with Gasteiger partial charge in [0.15, 0.2) is 0 Å². The summed E-state index contributed by atoms with van der Waals surface area (Å²) in [6.45, 7) is 7.31. The fourth-order valence-electron chi connectivity index (χ4n) is 1.53. The Morgan fingerprint density at radius 3 is 1.94 bits per heavy atom. The number of hydrogen-bond acceptors (Lipinski definition) is 1. The van der Waals surface area contributed by atoms with E-state index in [2.05, 4.69) is 6.58 Å². The summed E-state index contributed by atoms with van der Waals surface area (Å²) in [5, 5.41) is 0. The highest BCUT2D eigenvalue weighted by molar-refractivity contribution is 5.30. The molecule has 2 N–H and O–H groups in total. The van der Waals surface area contributed by atoms with Crippen molar-refractivity contribution in [3.8, 4) is 0 Å². The van der Waals surface area contributed by atoms with E-state index in [-0.39, 0.29) is 5.92 Å². The predicted molar refractivity (Wildman–Crippen MR) is 62.3 cm³/mol. The second-order valence-corrected chi connectivity index (χ2v) is 4.38. The van der Waals surface area contributed by atoms with Crippen LogP contribution in [0.5, 0.6) is 0 Å². The summed E-state index contributed by atoms with van der Waals surface area (Å²) in [6, 6.07) is 4.94. The van der Waals surface area contributed by atoms with Crippen LogP contribution in [0, 0.1) is 5.92 Å². The highest BCUT2D eigenvalue weighted by atomic mass is 19.4. The predicted octanol–water partition coefficient (Wildman–Crippen LogP) is 3.70. The van der Waals surface area contributed by atoms with E-state index in [0.29, 0.717) is 5.56 Å². The first kappa shape index (κ1) is 13.8. The number of hydrogen-bond donors (Lipinski definition) is 1. The van der Waals surface area contributed by atoms with Crippen molar-refractivity contribution in [2.24, 2.45) is 11.7 Å². The van der Waals surface area contributed by atoms with Gasteiger partial charge >= 0.3 is 6.18 Å². The van der Waals surface area contributed by atoms with Crippen LogP contribution in [0.4, 0.5) is 13.2 Å². The van der Waals surface area contributed by atoms with Crippen molar-refractivity contribution < 1.29 is 13.2 Å². The molecule has 0 saturated carbocycles. The third-order valence-electron chi connectivity index (χ3n) is 3.13. The van der Waals surface area contributed by atoms with Gasteiger partial charge in [0.25, 0.3) is 0 Å². The van der Waals surface area contributed by atoms with Gasteiger partial charge in [-0.3, -0.25) is 0 Å². The highest BCUT2D eigenvalue weighted by Crippen LogP contribution is 2.32. The van der Waals surface area contributed by atoms with Gasteiger partial charge in [-0.25, -0.2) is 0 Å². The van der Waals surface area contributed by atoms with Crippen LogP contribution >= 0.6 is 0 Å². The summed E-state index contributed by atoms with van der Waals surface area (Å²) in [5.74, 6) is -0.0285. The molecule has 1 nitrogen and oxygen atoms in total. The Hall–Kier alpha value is -1.29. The summed E-state index contributed by atoms with van der Waals surface area (Å²) in [7, 11) is 0. The first-order valence-electron chi connectivity index (χ1n) is 5.28. The van der Waals surface area contributed by atoms with Crippen LogP contribution < -0.4 is 5.73 Å². The molecule has 0 bridgehead atoms. The SMILES string of the molecule is C=C[C@@H](C)[C@](C)(N)c1ccc(C(F)(F)F)cc1. The molecule has 0 spiro atoms. The molecule has 0 radical (unpaired) electrons. The zero-order chi connectivity index (χ0) is 13.3. The third-order valence-corrected chi connectivity index (χ3v) is 3.13. The molecule has 0 aliphatic rings. The lowest BCUT2D eigenvalue weighted by molar-refractivity contribution is -0.137. The lowest BCUT2D eigenvalue weighted by Crippen LogP contribution is -2.39. The molecule has 0 aliphatic heterocycles. The first-order chi connectivity index (χ1) is 7.69. The van der Waals surface area contributed by atoms with Crippen LogP contribution in [0.2, 0.25) is 0 Å². The summed E-state index contributed by atoms with van der Waals surface area (Å²) < 4.78 is 37.2. The molecule has 0 saturated heterocycles. The Morgan fingerprint density at radius 2 is 1.59 bits per heavy atom. The lowest BCUT2D eigenvalue weighted by atomic mass is 9.81. The molecular formula is C13H16F3N. The molecular weight excluding hydrogens is 227 g/mol. The fraction of sp³-hybridized carbons (Fsp3) is 0.385. The van der Waals surface area contributed by atoms with Crippen LogP contribution in [-0.4, -0.2) is 0 Å². The van der Waals surface area contributed by atoms with Crippen molar-refractivity contribution in [2.75, 3.05) is 0 Å². The normalized spacial score (nSPS) is 17.3. The zero-order valence-corrected chi connectivity index (χ0v) is 9.88. The Bertz CT molecular complexity index is 390. The van der Waals surface area contributed by atoms with Crippen molar-refractivity contribution in [1.82, 2.24) is 0 Å². The van der Waals surface area contributed by atoms with Gasteiger partial charge in [-0.15, -0.1) is 6.58 Å². The molecule has 0 unspecified atom stereocenters. The summed E-state index contributed by atoms with van der Waals surface area (Å²) in [4.78, 5) is 0. The number of benzene rings is 1. The van der Waals surface area contributed by atoms with E-state index in [0.717, 1.165) is 12.1 Å². The molecule has 0 amide bonds. The molecule has 1 aromatic carbocycles. The largest absolute Gasteiger partial charge is 0.416 e. The minimum Gasteiger partial charge on any atom is -0.321 e. The number of alkyl halides is 3. The average Bonchev–Trinajstić information content (AvgIpc) is 2.27. The molecule has 2 atom stereocenters. The number of nitrogens with two attached hydrogens (primary N) is 1. The Morgan fingerprint density at radius 1 is 1.18 bits per heavy atom. The molecule has 94 valence electrons. The smallest absolute Gasteiger partial charge is 0.321 e. The van der Waals surface area contributed by atoms with Crippen molar-refractivity contribution in [2.45, 2.75) is 25.6 Å². The average molecular weight is 243 g/mol. The lowest BCUT2D eigenvalue weighted by Gasteiger charge is -2.30. The minimum atomic E-state index is -4.31. The summed E-state index contributed by atoms with van der Waals surface area (Å²) >= 11 is 0. The third kappa shape index (κ3) is 2.88. The Labute approximate surface area is 99.1 Å². The van der Waals surface area contributed by atoms with Crippen LogP contribution in [0.1, 0.15) is 25.0 Å². The molecule has 1 rings (SSSR count). The highest BCUT2D eigenvalue weighted by Gasteiger charge is 2.32. The molecule has 4 heteroatoms.